The summed E-state index contributed by atoms with van der Waals surface area (Å²) >= 11 is 0. The summed E-state index contributed by atoms with van der Waals surface area (Å²) in [7, 11) is 0. The maximum absolute atomic E-state index is 12.2. The van der Waals surface area contributed by atoms with E-state index in [9.17, 15) is 4.79 Å². The van der Waals surface area contributed by atoms with E-state index in [1.54, 1.807) is 6.92 Å². The number of hydroxylamine groups is 1. The van der Waals surface area contributed by atoms with E-state index in [0.717, 1.165) is 5.70 Å². The lowest BCUT2D eigenvalue weighted by Crippen LogP contribution is -2.39. The Kier molecular flexibility index (Phi) is 4.35. The van der Waals surface area contributed by atoms with Crippen LogP contribution in [0.25, 0.3) is 10.8 Å². The molecule has 4 nitrogen and oxygen atoms in total. The summed E-state index contributed by atoms with van der Waals surface area (Å²) < 4.78 is 5.14. The SMILES string of the molecule is CCOC(=O)C1(CC)C=C(Cc2cccc3ccccc23)NO1. The van der Waals surface area contributed by atoms with Crippen LogP contribution in [0.2, 0.25) is 0 Å². The molecule has 0 spiro atoms. The van der Waals surface area contributed by atoms with Crippen molar-refractivity contribution in [2.75, 3.05) is 6.61 Å². The highest BCUT2D eigenvalue weighted by Crippen LogP contribution is 2.28. The minimum absolute atomic E-state index is 0.344. The summed E-state index contributed by atoms with van der Waals surface area (Å²) in [5.74, 6) is -0.345. The number of esters is 1. The summed E-state index contributed by atoms with van der Waals surface area (Å²) in [6.45, 7) is 4.05. The lowest BCUT2D eigenvalue weighted by molar-refractivity contribution is -0.169. The molecule has 0 saturated heterocycles. The second-order valence-electron chi connectivity index (χ2n) is 5.65. The van der Waals surface area contributed by atoms with Crippen molar-refractivity contribution in [1.82, 2.24) is 5.48 Å². The lowest BCUT2D eigenvalue weighted by atomic mass is 9.97. The van der Waals surface area contributed by atoms with Crippen LogP contribution in [0, 0.1) is 0 Å². The molecule has 1 unspecified atom stereocenters. The number of hydrogen-bond donors (Lipinski definition) is 1. The lowest BCUT2D eigenvalue weighted by Gasteiger charge is -2.20. The molecule has 1 aliphatic rings. The van der Waals surface area contributed by atoms with Gasteiger partial charge in [-0.2, -0.15) is 0 Å². The van der Waals surface area contributed by atoms with E-state index in [1.807, 2.05) is 31.2 Å². The predicted octanol–water partition coefficient (Wildman–Crippen LogP) is 3.51. The van der Waals surface area contributed by atoms with Crippen LogP contribution in [0.4, 0.5) is 0 Å². The van der Waals surface area contributed by atoms with E-state index < -0.39 is 5.60 Å². The van der Waals surface area contributed by atoms with Crippen LogP contribution in [0.3, 0.4) is 0 Å². The Bertz CT molecular complexity index is 748. The molecule has 0 aliphatic carbocycles. The first-order valence-corrected chi connectivity index (χ1v) is 7.98. The van der Waals surface area contributed by atoms with Crippen LogP contribution in [0.5, 0.6) is 0 Å². The number of fused-ring (bicyclic) bond motifs is 1. The van der Waals surface area contributed by atoms with E-state index in [2.05, 4.69) is 29.7 Å². The van der Waals surface area contributed by atoms with Crippen molar-refractivity contribution in [3.63, 3.8) is 0 Å². The number of benzene rings is 2. The van der Waals surface area contributed by atoms with Gasteiger partial charge in [0.05, 0.1) is 6.61 Å². The standard InChI is InChI=1S/C19H21NO3/c1-3-19(18(21)22-4-2)13-16(20-23-19)12-15-10-7-9-14-8-5-6-11-17(14)15/h5-11,13,20H,3-4,12H2,1-2H3. The van der Waals surface area contributed by atoms with Crippen molar-refractivity contribution in [2.45, 2.75) is 32.3 Å². The molecule has 120 valence electrons. The zero-order chi connectivity index (χ0) is 16.3. The molecule has 0 aromatic heterocycles. The highest BCUT2D eigenvalue weighted by Gasteiger charge is 2.42. The molecule has 0 saturated carbocycles. The van der Waals surface area contributed by atoms with E-state index in [-0.39, 0.29) is 5.97 Å². The van der Waals surface area contributed by atoms with Gasteiger partial charge in [0.2, 0.25) is 5.60 Å². The van der Waals surface area contributed by atoms with E-state index in [4.69, 9.17) is 9.57 Å². The molecule has 4 heteroatoms. The maximum Gasteiger partial charge on any atom is 0.345 e. The highest BCUT2D eigenvalue weighted by atomic mass is 16.7. The van der Waals surface area contributed by atoms with Crippen LogP contribution in [-0.2, 0) is 20.8 Å². The fourth-order valence-corrected chi connectivity index (χ4v) is 2.91. The van der Waals surface area contributed by atoms with E-state index >= 15 is 0 Å². The van der Waals surface area contributed by atoms with Crippen molar-refractivity contribution >= 4 is 16.7 Å². The number of carbonyl (C=O) groups excluding carboxylic acids is 1. The number of ether oxygens (including phenoxy) is 1. The summed E-state index contributed by atoms with van der Waals surface area (Å²) in [5.41, 5.74) is 3.97. The zero-order valence-corrected chi connectivity index (χ0v) is 13.5. The Morgan fingerprint density at radius 1 is 1.17 bits per heavy atom. The monoisotopic (exact) mass is 311 g/mol. The third-order valence-electron chi connectivity index (χ3n) is 4.18. The van der Waals surface area contributed by atoms with Gasteiger partial charge in [-0.05, 0) is 35.8 Å². The predicted molar refractivity (Wildman–Crippen MR) is 89.6 cm³/mol. The molecule has 0 fully saturated rings. The number of hydrogen-bond acceptors (Lipinski definition) is 4. The van der Waals surface area contributed by atoms with Gasteiger partial charge in [-0.1, -0.05) is 49.4 Å². The zero-order valence-electron chi connectivity index (χ0n) is 13.5. The molecule has 1 heterocycles. The minimum atomic E-state index is -1.02. The molecule has 2 aromatic rings. The molecule has 0 radical (unpaired) electrons. The third-order valence-corrected chi connectivity index (χ3v) is 4.18. The summed E-state index contributed by atoms with van der Waals surface area (Å²) in [6, 6.07) is 14.5. The number of rotatable bonds is 5. The fraction of sp³-hybridized carbons (Fsp3) is 0.316. The first-order valence-electron chi connectivity index (χ1n) is 7.98. The molecule has 23 heavy (non-hydrogen) atoms. The van der Waals surface area contributed by atoms with Gasteiger partial charge < -0.3 is 4.74 Å². The Labute approximate surface area is 136 Å². The normalized spacial score (nSPS) is 20.2. The van der Waals surface area contributed by atoms with Crippen LogP contribution in [0.1, 0.15) is 25.8 Å². The Morgan fingerprint density at radius 2 is 1.96 bits per heavy atom. The van der Waals surface area contributed by atoms with Gasteiger partial charge in [0.15, 0.2) is 0 Å². The summed E-state index contributed by atoms with van der Waals surface area (Å²) in [6.07, 6.45) is 3.06. The molecule has 1 N–H and O–H groups in total. The number of carbonyl (C=O) groups is 1. The number of nitrogens with one attached hydrogen (secondary N) is 1. The summed E-state index contributed by atoms with van der Waals surface area (Å²) in [5, 5.41) is 2.42. The van der Waals surface area contributed by atoms with Crippen LogP contribution >= 0.6 is 0 Å². The Balaban J connectivity index is 1.88. The van der Waals surface area contributed by atoms with Gasteiger partial charge >= 0.3 is 5.97 Å². The van der Waals surface area contributed by atoms with Crippen LogP contribution in [-0.4, -0.2) is 18.2 Å². The van der Waals surface area contributed by atoms with Crippen molar-refractivity contribution in [3.05, 3.63) is 59.8 Å². The average molecular weight is 311 g/mol. The van der Waals surface area contributed by atoms with Crippen molar-refractivity contribution in [3.8, 4) is 0 Å². The van der Waals surface area contributed by atoms with Gasteiger partial charge in [-0.3, -0.25) is 10.3 Å². The molecule has 0 amide bonds. The smallest absolute Gasteiger partial charge is 0.345 e. The number of allylic oxidation sites excluding steroid dienone is 1. The molecule has 0 bridgehead atoms. The highest BCUT2D eigenvalue weighted by molar-refractivity contribution is 5.86. The second kappa shape index (κ2) is 6.42. The van der Waals surface area contributed by atoms with Crippen molar-refractivity contribution in [2.24, 2.45) is 0 Å². The fourth-order valence-electron chi connectivity index (χ4n) is 2.91. The van der Waals surface area contributed by atoms with E-state index in [0.29, 0.717) is 19.4 Å². The molecule has 1 aliphatic heterocycles. The van der Waals surface area contributed by atoms with E-state index in [1.165, 1.54) is 16.3 Å². The maximum atomic E-state index is 12.2. The largest absolute Gasteiger partial charge is 0.464 e. The van der Waals surface area contributed by atoms with Gasteiger partial charge in [0.1, 0.15) is 0 Å². The van der Waals surface area contributed by atoms with Gasteiger partial charge in [0, 0.05) is 12.1 Å². The quantitative estimate of drug-likeness (QED) is 0.858. The Hall–Kier alpha value is -2.33. The first kappa shape index (κ1) is 15.6. The first-order chi connectivity index (χ1) is 11.2. The third kappa shape index (κ3) is 2.94. The molecule has 2 aromatic carbocycles. The topological polar surface area (TPSA) is 47.6 Å². The van der Waals surface area contributed by atoms with Crippen LogP contribution < -0.4 is 5.48 Å². The minimum Gasteiger partial charge on any atom is -0.464 e. The van der Waals surface area contributed by atoms with Gasteiger partial charge in [-0.25, -0.2) is 4.79 Å². The van der Waals surface area contributed by atoms with Gasteiger partial charge in [-0.15, -0.1) is 0 Å². The molecule has 3 rings (SSSR count). The van der Waals surface area contributed by atoms with Crippen LogP contribution in [0.15, 0.2) is 54.2 Å². The average Bonchev–Trinajstić information content (AvgIpc) is 3.00. The molecular weight excluding hydrogens is 290 g/mol. The van der Waals surface area contributed by atoms with Crippen molar-refractivity contribution < 1.29 is 14.4 Å². The van der Waals surface area contributed by atoms with Crippen molar-refractivity contribution in [1.29, 1.82) is 0 Å². The van der Waals surface area contributed by atoms with Gasteiger partial charge in [0.25, 0.3) is 0 Å². The summed E-state index contributed by atoms with van der Waals surface area (Å²) in [4.78, 5) is 17.8. The second-order valence-corrected chi connectivity index (χ2v) is 5.65. The Morgan fingerprint density at radius 3 is 2.74 bits per heavy atom. The molecule has 1 atom stereocenters. The molecular formula is C19H21NO3.